The molecule has 142 valence electrons. The summed E-state index contributed by atoms with van der Waals surface area (Å²) >= 11 is 0. The smallest absolute Gasteiger partial charge is 0.387 e. The van der Waals surface area contributed by atoms with Crippen LogP contribution < -0.4 is 10.8 Å². The van der Waals surface area contributed by atoms with Crippen molar-refractivity contribution < 1.29 is 33.4 Å². The van der Waals surface area contributed by atoms with Gasteiger partial charge in [0.05, 0.1) is 13.2 Å². The van der Waals surface area contributed by atoms with Gasteiger partial charge in [0.25, 0.3) is 5.91 Å². The van der Waals surface area contributed by atoms with Crippen LogP contribution in [0.1, 0.15) is 30.7 Å². The lowest BCUT2D eigenvalue weighted by atomic mass is 10.1. The number of rotatable bonds is 9. The van der Waals surface area contributed by atoms with E-state index in [9.17, 15) is 19.6 Å². The molecule has 4 atom stereocenters. The van der Waals surface area contributed by atoms with E-state index in [0.717, 1.165) is 11.0 Å². The van der Waals surface area contributed by atoms with E-state index in [-0.39, 0.29) is 25.6 Å². The number of ether oxygens (including phenoxy) is 1. The van der Waals surface area contributed by atoms with Gasteiger partial charge in [-0.2, -0.15) is 0 Å². The predicted molar refractivity (Wildman–Crippen MR) is 83.3 cm³/mol. The Morgan fingerprint density at radius 2 is 2.04 bits per heavy atom. The molecule has 0 aliphatic carbocycles. The molecule has 1 saturated heterocycles. The highest BCUT2D eigenvalue weighted by Gasteiger charge is 2.45. The van der Waals surface area contributed by atoms with E-state index in [1.165, 1.54) is 0 Å². The quantitative estimate of drug-likeness (QED) is 0.381. The van der Waals surface area contributed by atoms with E-state index < -0.39 is 38.2 Å². The highest BCUT2D eigenvalue weighted by molar-refractivity contribution is 7.51. The lowest BCUT2D eigenvalue weighted by Crippen LogP contribution is -2.37. The van der Waals surface area contributed by atoms with Crippen molar-refractivity contribution in [2.75, 3.05) is 19.8 Å². The number of hydrogen-bond acceptors (Lipinski definition) is 9. The van der Waals surface area contributed by atoms with Crippen molar-refractivity contribution in [3.8, 4) is 0 Å². The summed E-state index contributed by atoms with van der Waals surface area (Å²) in [6.45, 7) is 3.55. The van der Waals surface area contributed by atoms with Crippen LogP contribution in [-0.2, 0) is 18.3 Å². The van der Waals surface area contributed by atoms with Crippen molar-refractivity contribution in [2.45, 2.75) is 38.4 Å². The van der Waals surface area contributed by atoms with E-state index in [1.807, 2.05) is 0 Å². The van der Waals surface area contributed by atoms with Crippen molar-refractivity contribution >= 4 is 13.7 Å². The molecule has 1 aromatic rings. The van der Waals surface area contributed by atoms with Crippen molar-refractivity contribution in [1.82, 2.24) is 19.9 Å². The van der Waals surface area contributed by atoms with Crippen LogP contribution in [0.5, 0.6) is 0 Å². The van der Waals surface area contributed by atoms with Crippen LogP contribution in [-0.4, -0.2) is 69.0 Å². The molecule has 1 aliphatic heterocycles. The Labute approximate surface area is 143 Å². The van der Waals surface area contributed by atoms with E-state index in [1.54, 1.807) is 13.8 Å². The molecule has 1 aromatic heterocycles. The largest absolute Gasteiger partial charge is 0.405 e. The Morgan fingerprint density at radius 1 is 1.40 bits per heavy atom. The Balaban J connectivity index is 2.03. The van der Waals surface area contributed by atoms with E-state index in [4.69, 9.17) is 19.5 Å². The third-order valence-electron chi connectivity index (χ3n) is 3.41. The molecule has 1 unspecified atom stereocenters. The molecule has 1 amide bonds. The molecular formula is C12H22N5O7P. The first-order valence-corrected chi connectivity index (χ1v) is 9.22. The van der Waals surface area contributed by atoms with Gasteiger partial charge in [-0.25, -0.2) is 19.3 Å². The molecule has 13 heteroatoms. The molecule has 0 spiro atoms. The Hall–Kier alpha value is -1.40. The minimum absolute atomic E-state index is 0.108. The summed E-state index contributed by atoms with van der Waals surface area (Å²) in [6, 6.07) is 0. The van der Waals surface area contributed by atoms with Crippen LogP contribution in [0.25, 0.3) is 0 Å². The zero-order chi connectivity index (χ0) is 18.6. The van der Waals surface area contributed by atoms with Crippen molar-refractivity contribution in [1.29, 1.82) is 0 Å². The minimum Gasteiger partial charge on any atom is -0.387 e. The summed E-state index contributed by atoms with van der Waals surface area (Å²) in [7, 11) is -3.54. The number of nitrogens with one attached hydrogen (secondary N) is 1. The fourth-order valence-corrected chi connectivity index (χ4v) is 3.64. The maximum absolute atomic E-state index is 12.4. The number of nitrogens with two attached hydrogens (primary N) is 1. The fraction of sp³-hybridized carbons (Fsp3) is 0.750. The van der Waals surface area contributed by atoms with E-state index >= 15 is 0 Å². The third-order valence-corrected chi connectivity index (χ3v) is 5.18. The lowest BCUT2D eigenvalue weighted by Gasteiger charge is -2.21. The summed E-state index contributed by atoms with van der Waals surface area (Å²) in [5.74, 6) is -1.08. The fourth-order valence-electron chi connectivity index (χ4n) is 2.30. The molecule has 12 nitrogen and oxygen atoms in total. The number of amides is 1. The van der Waals surface area contributed by atoms with Gasteiger partial charge in [-0.1, -0.05) is 0 Å². The standard InChI is InChI=1S/C12H22N5O7P/c1-3-22-25(21,23-4-2)15-5-7-8(18)9(19)12(24-7)17-6-14-11(16-17)10(13)20/h6-9,12,18-19H,3-5H2,1-2H3,(H2,13,20)(H,15,21)/t7-,8-,9-,12?/m1/s1. The summed E-state index contributed by atoms with van der Waals surface area (Å²) in [4.78, 5) is 14.7. The number of primary amides is 1. The Kier molecular flexibility index (Phi) is 6.63. The number of nitrogens with zero attached hydrogens (tertiary/aromatic N) is 3. The molecule has 1 aliphatic rings. The van der Waals surface area contributed by atoms with Crippen LogP contribution >= 0.6 is 7.75 Å². The van der Waals surface area contributed by atoms with Crippen LogP contribution in [0.2, 0.25) is 0 Å². The molecular weight excluding hydrogens is 357 g/mol. The SMILES string of the molecule is CCOP(=O)(NC[C@H]1OC(n2cnc(C(N)=O)n2)[C@H](O)[C@@H]1O)OCC. The predicted octanol–water partition coefficient (Wildman–Crippen LogP) is -1.23. The molecule has 25 heavy (non-hydrogen) atoms. The topological polar surface area (TPSA) is 171 Å². The Morgan fingerprint density at radius 3 is 2.56 bits per heavy atom. The van der Waals surface area contributed by atoms with Crippen LogP contribution in [0.3, 0.4) is 0 Å². The second-order valence-electron chi connectivity index (χ2n) is 5.15. The summed E-state index contributed by atoms with van der Waals surface area (Å²) < 4.78 is 29.1. The number of carbonyl (C=O) groups is 1. The summed E-state index contributed by atoms with van der Waals surface area (Å²) in [5, 5.41) is 26.6. The maximum Gasteiger partial charge on any atom is 0.405 e. The van der Waals surface area contributed by atoms with Gasteiger partial charge in [0, 0.05) is 6.54 Å². The second-order valence-corrected chi connectivity index (χ2v) is 6.98. The van der Waals surface area contributed by atoms with Gasteiger partial charge in [-0.3, -0.25) is 13.8 Å². The van der Waals surface area contributed by atoms with Gasteiger partial charge in [0.2, 0.25) is 5.82 Å². The average Bonchev–Trinajstić information content (AvgIpc) is 3.13. The lowest BCUT2D eigenvalue weighted by molar-refractivity contribution is -0.0432. The van der Waals surface area contributed by atoms with E-state index in [2.05, 4.69) is 15.2 Å². The first kappa shape index (κ1) is 19.9. The molecule has 0 radical (unpaired) electrons. The van der Waals surface area contributed by atoms with Gasteiger partial charge < -0.3 is 20.7 Å². The number of aliphatic hydroxyl groups excluding tert-OH is 2. The van der Waals surface area contributed by atoms with Crippen molar-refractivity contribution in [3.63, 3.8) is 0 Å². The zero-order valence-corrected chi connectivity index (χ0v) is 14.7. The molecule has 1 fully saturated rings. The van der Waals surface area contributed by atoms with Crippen molar-refractivity contribution in [2.24, 2.45) is 5.73 Å². The van der Waals surface area contributed by atoms with Crippen LogP contribution in [0.15, 0.2) is 6.33 Å². The normalized spacial score (nSPS) is 26.9. The molecule has 0 saturated carbocycles. The summed E-state index contributed by atoms with van der Waals surface area (Å²) in [5.41, 5.74) is 5.07. The minimum atomic E-state index is -3.54. The van der Waals surface area contributed by atoms with Crippen LogP contribution in [0.4, 0.5) is 0 Å². The molecule has 2 heterocycles. The number of hydrogen-bond donors (Lipinski definition) is 4. The highest BCUT2D eigenvalue weighted by Crippen LogP contribution is 2.43. The second kappa shape index (κ2) is 8.32. The van der Waals surface area contributed by atoms with E-state index in [0.29, 0.717) is 0 Å². The zero-order valence-electron chi connectivity index (χ0n) is 13.8. The molecule has 0 bridgehead atoms. The van der Waals surface area contributed by atoms with Gasteiger partial charge in [0.1, 0.15) is 24.6 Å². The molecule has 2 rings (SSSR count). The van der Waals surface area contributed by atoms with Gasteiger partial charge >= 0.3 is 7.75 Å². The Bertz CT molecular complexity index is 631. The number of carbonyl (C=O) groups excluding carboxylic acids is 1. The first-order valence-electron chi connectivity index (χ1n) is 7.68. The highest BCUT2D eigenvalue weighted by atomic mass is 31.2. The third kappa shape index (κ3) is 4.61. The average molecular weight is 379 g/mol. The van der Waals surface area contributed by atoms with Gasteiger partial charge in [0.15, 0.2) is 6.23 Å². The van der Waals surface area contributed by atoms with Crippen molar-refractivity contribution in [3.05, 3.63) is 12.2 Å². The first-order chi connectivity index (χ1) is 11.8. The molecule has 0 aromatic carbocycles. The number of aliphatic hydroxyl groups is 2. The van der Waals surface area contributed by atoms with Gasteiger partial charge in [-0.05, 0) is 13.8 Å². The number of aromatic nitrogens is 3. The van der Waals surface area contributed by atoms with Crippen LogP contribution in [0, 0.1) is 0 Å². The summed E-state index contributed by atoms with van der Waals surface area (Å²) in [6.07, 6.45) is -3.48. The van der Waals surface area contributed by atoms with Gasteiger partial charge in [-0.15, -0.1) is 5.10 Å². The maximum atomic E-state index is 12.4. The molecule has 5 N–H and O–H groups in total. The monoisotopic (exact) mass is 379 g/mol.